The molecule has 2 N–H and O–H groups in total. The van der Waals surface area contributed by atoms with E-state index < -0.39 is 5.97 Å². The Balaban J connectivity index is 1.65. The molecule has 0 amide bonds. The lowest BCUT2D eigenvalue weighted by molar-refractivity contribution is -0.137. The second-order valence-corrected chi connectivity index (χ2v) is 6.38. The molecule has 0 unspecified atom stereocenters. The summed E-state index contributed by atoms with van der Waals surface area (Å²) in [6.07, 6.45) is 6.86. The summed E-state index contributed by atoms with van der Waals surface area (Å²) in [5.74, 6) is 0.446. The van der Waals surface area contributed by atoms with Gasteiger partial charge in [0.2, 0.25) is 5.95 Å². The second kappa shape index (κ2) is 6.50. The summed E-state index contributed by atoms with van der Waals surface area (Å²) in [6, 6.07) is 0. The zero-order valence-corrected chi connectivity index (χ0v) is 12.8. The van der Waals surface area contributed by atoms with Crippen LogP contribution in [-0.4, -0.2) is 34.1 Å². The Hall–Kier alpha value is -1.85. The van der Waals surface area contributed by atoms with Crippen LogP contribution < -0.4 is 10.5 Å². The lowest BCUT2D eigenvalue weighted by atomic mass is 9.92. The molecular formula is C16H23N3O3. The summed E-state index contributed by atoms with van der Waals surface area (Å²) in [7, 11) is 0. The molecule has 1 aromatic heterocycles. The van der Waals surface area contributed by atoms with Crippen LogP contribution in [0.2, 0.25) is 0 Å². The highest BCUT2D eigenvalue weighted by Crippen LogP contribution is 2.25. The molecule has 2 heterocycles. The van der Waals surface area contributed by atoms with Crippen LogP contribution in [-0.2, 0) is 17.6 Å². The minimum Gasteiger partial charge on any atom is -0.481 e. The zero-order chi connectivity index (χ0) is 15.5. The summed E-state index contributed by atoms with van der Waals surface area (Å²) in [5, 5.41) is 8.76. The normalized spacial score (nSPS) is 19.0. The van der Waals surface area contributed by atoms with E-state index in [0.29, 0.717) is 11.9 Å². The lowest BCUT2D eigenvalue weighted by Gasteiger charge is -2.32. The molecule has 0 spiro atoms. The van der Waals surface area contributed by atoms with Crippen molar-refractivity contribution >= 4 is 11.9 Å². The molecule has 3 rings (SSSR count). The van der Waals surface area contributed by atoms with Crippen molar-refractivity contribution in [1.82, 2.24) is 9.97 Å². The molecule has 0 saturated carbocycles. The number of piperidine rings is 1. The maximum atomic E-state index is 12.2. The van der Waals surface area contributed by atoms with E-state index in [0.717, 1.165) is 69.3 Å². The highest BCUT2D eigenvalue weighted by Gasteiger charge is 2.23. The van der Waals surface area contributed by atoms with Crippen LogP contribution in [0.25, 0.3) is 0 Å². The fourth-order valence-electron chi connectivity index (χ4n) is 3.50. The first-order chi connectivity index (χ1) is 10.6. The first-order valence-corrected chi connectivity index (χ1v) is 8.22. The third kappa shape index (κ3) is 3.31. The van der Waals surface area contributed by atoms with Gasteiger partial charge in [-0.15, -0.1) is 0 Å². The SMILES string of the molecule is O=C(O)CCC1CCN(c2nc3c(c(=O)[nH]2)CCCC3)CC1. The number of aliphatic carboxylic acids is 1. The molecule has 1 saturated heterocycles. The highest BCUT2D eigenvalue weighted by molar-refractivity contribution is 5.66. The van der Waals surface area contributed by atoms with Gasteiger partial charge >= 0.3 is 5.97 Å². The van der Waals surface area contributed by atoms with Gasteiger partial charge in [0.25, 0.3) is 5.56 Å². The third-order valence-corrected chi connectivity index (χ3v) is 4.86. The number of aromatic nitrogens is 2. The van der Waals surface area contributed by atoms with Gasteiger partial charge < -0.3 is 10.0 Å². The fraction of sp³-hybridized carbons (Fsp3) is 0.688. The van der Waals surface area contributed by atoms with Gasteiger partial charge in [-0.05, 0) is 50.9 Å². The van der Waals surface area contributed by atoms with Gasteiger partial charge in [0, 0.05) is 25.1 Å². The smallest absolute Gasteiger partial charge is 0.303 e. The highest BCUT2D eigenvalue weighted by atomic mass is 16.4. The number of aryl methyl sites for hydroxylation is 1. The molecule has 6 nitrogen and oxygen atoms in total. The Morgan fingerprint density at radius 2 is 2.00 bits per heavy atom. The first kappa shape index (κ1) is 15.1. The first-order valence-electron chi connectivity index (χ1n) is 8.22. The Kier molecular flexibility index (Phi) is 4.45. The van der Waals surface area contributed by atoms with Crippen molar-refractivity contribution in [2.75, 3.05) is 18.0 Å². The van der Waals surface area contributed by atoms with Gasteiger partial charge in [-0.3, -0.25) is 14.6 Å². The number of fused-ring (bicyclic) bond motifs is 1. The van der Waals surface area contributed by atoms with Crippen LogP contribution in [0, 0.1) is 5.92 Å². The van der Waals surface area contributed by atoms with E-state index in [2.05, 4.69) is 14.9 Å². The molecule has 1 fully saturated rings. The number of H-pyrrole nitrogens is 1. The van der Waals surface area contributed by atoms with Gasteiger partial charge in [-0.25, -0.2) is 4.98 Å². The number of hydrogen-bond donors (Lipinski definition) is 2. The molecule has 1 aliphatic carbocycles. The van der Waals surface area contributed by atoms with Gasteiger partial charge in [0.1, 0.15) is 0 Å². The molecule has 1 aliphatic heterocycles. The minimum atomic E-state index is -0.719. The van der Waals surface area contributed by atoms with Crippen molar-refractivity contribution in [2.24, 2.45) is 5.92 Å². The predicted molar refractivity (Wildman–Crippen MR) is 83.3 cm³/mol. The Bertz CT molecular complexity index is 603. The molecule has 0 radical (unpaired) electrons. The number of aromatic amines is 1. The van der Waals surface area contributed by atoms with Gasteiger partial charge in [-0.2, -0.15) is 0 Å². The van der Waals surface area contributed by atoms with E-state index in [1.807, 2.05) is 0 Å². The van der Waals surface area contributed by atoms with E-state index in [4.69, 9.17) is 5.11 Å². The quantitative estimate of drug-likeness (QED) is 0.884. The Morgan fingerprint density at radius 3 is 2.73 bits per heavy atom. The van der Waals surface area contributed by atoms with Crippen molar-refractivity contribution < 1.29 is 9.90 Å². The van der Waals surface area contributed by atoms with Crippen molar-refractivity contribution in [3.63, 3.8) is 0 Å². The summed E-state index contributed by atoms with van der Waals surface area (Å²) in [4.78, 5) is 32.6. The molecule has 22 heavy (non-hydrogen) atoms. The Labute approximate surface area is 129 Å². The number of hydrogen-bond acceptors (Lipinski definition) is 4. The predicted octanol–water partition coefficient (Wildman–Crippen LogP) is 1.73. The van der Waals surface area contributed by atoms with E-state index in [9.17, 15) is 9.59 Å². The maximum absolute atomic E-state index is 12.2. The van der Waals surface area contributed by atoms with Crippen LogP contribution in [0.15, 0.2) is 4.79 Å². The topological polar surface area (TPSA) is 86.3 Å². The van der Waals surface area contributed by atoms with Crippen molar-refractivity contribution in [2.45, 2.75) is 51.4 Å². The average Bonchev–Trinajstić information content (AvgIpc) is 2.53. The number of rotatable bonds is 4. The number of nitrogens with one attached hydrogen (secondary N) is 1. The summed E-state index contributed by atoms with van der Waals surface area (Å²) >= 11 is 0. The number of carbonyl (C=O) groups is 1. The fourth-order valence-corrected chi connectivity index (χ4v) is 3.50. The zero-order valence-electron chi connectivity index (χ0n) is 12.8. The number of carboxylic acids is 1. The lowest BCUT2D eigenvalue weighted by Crippen LogP contribution is -2.37. The van der Waals surface area contributed by atoms with Gasteiger partial charge in [0.05, 0.1) is 5.69 Å². The van der Waals surface area contributed by atoms with Crippen molar-refractivity contribution in [1.29, 1.82) is 0 Å². The van der Waals surface area contributed by atoms with Crippen LogP contribution in [0.5, 0.6) is 0 Å². The monoisotopic (exact) mass is 305 g/mol. The van der Waals surface area contributed by atoms with E-state index in [1.54, 1.807) is 0 Å². The molecular weight excluding hydrogens is 282 g/mol. The average molecular weight is 305 g/mol. The van der Waals surface area contributed by atoms with E-state index in [1.165, 1.54) is 0 Å². The van der Waals surface area contributed by atoms with E-state index >= 15 is 0 Å². The standard InChI is InChI=1S/C16H23N3O3/c20-14(21)6-5-11-7-9-19(10-8-11)16-17-13-4-2-1-3-12(13)15(22)18-16/h11H,1-10H2,(H,20,21)(H,17,18,22). The van der Waals surface area contributed by atoms with E-state index in [-0.39, 0.29) is 12.0 Å². The number of anilines is 1. The van der Waals surface area contributed by atoms with Crippen molar-refractivity contribution in [3.05, 3.63) is 21.6 Å². The third-order valence-electron chi connectivity index (χ3n) is 4.86. The molecule has 0 bridgehead atoms. The number of nitrogens with zero attached hydrogens (tertiary/aromatic N) is 2. The minimum absolute atomic E-state index is 0.0210. The molecule has 6 heteroatoms. The summed E-state index contributed by atoms with van der Waals surface area (Å²) < 4.78 is 0. The molecule has 2 aliphatic rings. The Morgan fingerprint density at radius 1 is 1.27 bits per heavy atom. The van der Waals surface area contributed by atoms with Crippen LogP contribution in [0.1, 0.15) is 49.8 Å². The second-order valence-electron chi connectivity index (χ2n) is 6.38. The molecule has 0 aromatic carbocycles. The van der Waals surface area contributed by atoms with Crippen molar-refractivity contribution in [3.8, 4) is 0 Å². The molecule has 0 atom stereocenters. The van der Waals surface area contributed by atoms with Crippen LogP contribution in [0.3, 0.4) is 0 Å². The van der Waals surface area contributed by atoms with Crippen LogP contribution in [0.4, 0.5) is 5.95 Å². The van der Waals surface area contributed by atoms with Crippen LogP contribution >= 0.6 is 0 Å². The van der Waals surface area contributed by atoms with Gasteiger partial charge in [0.15, 0.2) is 0 Å². The molecule has 1 aromatic rings. The maximum Gasteiger partial charge on any atom is 0.303 e. The van der Waals surface area contributed by atoms with Gasteiger partial charge in [-0.1, -0.05) is 0 Å². The largest absolute Gasteiger partial charge is 0.481 e. The summed E-state index contributed by atoms with van der Waals surface area (Å²) in [6.45, 7) is 1.68. The summed E-state index contributed by atoms with van der Waals surface area (Å²) in [5.41, 5.74) is 1.86. The molecule has 120 valence electrons. The number of carboxylic acid groups (broad SMARTS) is 1.